The zero-order chi connectivity index (χ0) is 13.1. The number of carbonyl (C=O) groups is 1. The molecule has 0 atom stereocenters. The summed E-state index contributed by atoms with van der Waals surface area (Å²) in [4.78, 5) is 11.7. The van der Waals surface area contributed by atoms with Crippen LogP contribution in [0.5, 0.6) is 5.75 Å². The van der Waals surface area contributed by atoms with E-state index in [0.29, 0.717) is 23.6 Å². The summed E-state index contributed by atoms with van der Waals surface area (Å²) in [5.41, 5.74) is 6.16. The van der Waals surface area contributed by atoms with Gasteiger partial charge in [-0.1, -0.05) is 0 Å². The van der Waals surface area contributed by atoms with E-state index >= 15 is 0 Å². The Kier molecular flexibility index (Phi) is 3.99. The van der Waals surface area contributed by atoms with Gasteiger partial charge in [0, 0.05) is 5.69 Å². The van der Waals surface area contributed by atoms with E-state index < -0.39 is 5.97 Å². The molecule has 1 aromatic carbocycles. The Balaban J connectivity index is 3.08. The maximum absolute atomic E-state index is 11.7. The summed E-state index contributed by atoms with van der Waals surface area (Å²) in [5, 5.41) is 0. The smallest absolute Gasteiger partial charge is 0.341 e. The molecular formula is C13H19NO3. The maximum atomic E-state index is 11.7. The molecule has 0 aliphatic rings. The minimum atomic E-state index is -0.418. The van der Waals surface area contributed by atoms with Gasteiger partial charge in [0.2, 0.25) is 0 Å². The summed E-state index contributed by atoms with van der Waals surface area (Å²) >= 11 is 0. The van der Waals surface area contributed by atoms with Gasteiger partial charge >= 0.3 is 5.97 Å². The summed E-state index contributed by atoms with van der Waals surface area (Å²) in [5.74, 6) is 0.0733. The van der Waals surface area contributed by atoms with Crippen molar-refractivity contribution in [3.63, 3.8) is 0 Å². The number of nitrogens with two attached hydrogens (primary N) is 1. The van der Waals surface area contributed by atoms with Gasteiger partial charge in [0.25, 0.3) is 0 Å². The quantitative estimate of drug-likeness (QED) is 0.648. The molecule has 0 unspecified atom stereocenters. The monoisotopic (exact) mass is 237 g/mol. The van der Waals surface area contributed by atoms with Crippen molar-refractivity contribution in [2.45, 2.75) is 33.3 Å². The molecule has 0 spiro atoms. The molecular weight excluding hydrogens is 218 g/mol. The molecule has 0 bridgehead atoms. The summed E-state index contributed by atoms with van der Waals surface area (Å²) < 4.78 is 10.7. The lowest BCUT2D eigenvalue weighted by Crippen LogP contribution is -2.24. The normalized spacial score (nSPS) is 11.1. The van der Waals surface area contributed by atoms with Gasteiger partial charge < -0.3 is 15.2 Å². The van der Waals surface area contributed by atoms with Crippen molar-refractivity contribution in [2.75, 3.05) is 12.3 Å². The lowest BCUT2D eigenvalue weighted by Gasteiger charge is -2.23. The van der Waals surface area contributed by atoms with Crippen LogP contribution in [-0.4, -0.2) is 18.2 Å². The predicted molar refractivity (Wildman–Crippen MR) is 67.2 cm³/mol. The fraction of sp³-hybridized carbons (Fsp3) is 0.462. The number of benzene rings is 1. The fourth-order valence-corrected chi connectivity index (χ4v) is 1.33. The van der Waals surface area contributed by atoms with Crippen LogP contribution in [0.4, 0.5) is 5.69 Å². The third-order valence-electron chi connectivity index (χ3n) is 1.92. The molecule has 2 N–H and O–H groups in total. The van der Waals surface area contributed by atoms with Crippen LogP contribution in [-0.2, 0) is 4.74 Å². The summed E-state index contributed by atoms with van der Waals surface area (Å²) in [7, 11) is 0. The van der Waals surface area contributed by atoms with E-state index in [-0.39, 0.29) is 5.60 Å². The van der Waals surface area contributed by atoms with E-state index in [1.165, 1.54) is 0 Å². The Morgan fingerprint density at radius 2 is 2.00 bits per heavy atom. The third kappa shape index (κ3) is 3.98. The Bertz CT molecular complexity index is 408. The van der Waals surface area contributed by atoms with Crippen molar-refractivity contribution >= 4 is 11.7 Å². The SMILES string of the molecule is CCOC(=O)c1cc(N)ccc1OC(C)(C)C. The van der Waals surface area contributed by atoms with Crippen LogP contribution in [0.15, 0.2) is 18.2 Å². The van der Waals surface area contributed by atoms with Crippen LogP contribution < -0.4 is 10.5 Å². The van der Waals surface area contributed by atoms with Crippen LogP contribution in [0.1, 0.15) is 38.1 Å². The highest BCUT2D eigenvalue weighted by atomic mass is 16.5. The highest BCUT2D eigenvalue weighted by molar-refractivity contribution is 5.93. The first-order chi connectivity index (χ1) is 7.83. The van der Waals surface area contributed by atoms with E-state index in [1.807, 2.05) is 20.8 Å². The van der Waals surface area contributed by atoms with E-state index in [0.717, 1.165) is 0 Å². The Morgan fingerprint density at radius 1 is 1.35 bits per heavy atom. The molecule has 94 valence electrons. The minimum absolute atomic E-state index is 0.322. The van der Waals surface area contributed by atoms with Crippen molar-refractivity contribution in [1.82, 2.24) is 0 Å². The first-order valence-corrected chi connectivity index (χ1v) is 5.59. The number of ether oxygens (including phenoxy) is 2. The van der Waals surface area contributed by atoms with Crippen molar-refractivity contribution < 1.29 is 14.3 Å². The van der Waals surface area contributed by atoms with Gasteiger partial charge in [-0.2, -0.15) is 0 Å². The van der Waals surface area contributed by atoms with Crippen molar-refractivity contribution in [3.8, 4) is 5.75 Å². The number of hydrogen-bond donors (Lipinski definition) is 1. The molecule has 0 aliphatic carbocycles. The molecule has 0 aromatic heterocycles. The molecule has 0 saturated heterocycles. The number of rotatable bonds is 3. The second-order valence-electron chi connectivity index (χ2n) is 4.69. The van der Waals surface area contributed by atoms with Crippen LogP contribution >= 0.6 is 0 Å². The van der Waals surface area contributed by atoms with Gasteiger partial charge in [0.05, 0.1) is 6.61 Å². The Labute approximate surface area is 102 Å². The van der Waals surface area contributed by atoms with Gasteiger partial charge in [-0.3, -0.25) is 0 Å². The van der Waals surface area contributed by atoms with Crippen LogP contribution in [0.3, 0.4) is 0 Å². The second kappa shape index (κ2) is 5.08. The molecule has 0 radical (unpaired) electrons. The van der Waals surface area contributed by atoms with Gasteiger partial charge in [-0.05, 0) is 45.9 Å². The molecule has 0 amide bonds. The molecule has 4 heteroatoms. The van der Waals surface area contributed by atoms with E-state index in [2.05, 4.69) is 0 Å². The highest BCUT2D eigenvalue weighted by Gasteiger charge is 2.19. The molecule has 0 heterocycles. The van der Waals surface area contributed by atoms with Crippen molar-refractivity contribution in [3.05, 3.63) is 23.8 Å². The maximum Gasteiger partial charge on any atom is 0.341 e. The molecule has 1 aromatic rings. The average molecular weight is 237 g/mol. The molecule has 0 saturated carbocycles. The van der Waals surface area contributed by atoms with Gasteiger partial charge in [0.15, 0.2) is 0 Å². The first kappa shape index (κ1) is 13.4. The van der Waals surface area contributed by atoms with Crippen molar-refractivity contribution in [1.29, 1.82) is 0 Å². The molecule has 4 nitrogen and oxygen atoms in total. The fourth-order valence-electron chi connectivity index (χ4n) is 1.33. The number of carbonyl (C=O) groups excluding carboxylic acids is 1. The van der Waals surface area contributed by atoms with Gasteiger partial charge in [-0.15, -0.1) is 0 Å². The van der Waals surface area contributed by atoms with E-state index in [1.54, 1.807) is 25.1 Å². The zero-order valence-corrected chi connectivity index (χ0v) is 10.7. The Morgan fingerprint density at radius 3 is 2.53 bits per heavy atom. The molecule has 17 heavy (non-hydrogen) atoms. The Hall–Kier alpha value is -1.71. The summed E-state index contributed by atoms with van der Waals surface area (Å²) in [6, 6.07) is 4.95. The first-order valence-electron chi connectivity index (χ1n) is 5.59. The lowest BCUT2D eigenvalue weighted by atomic mass is 10.1. The number of anilines is 1. The topological polar surface area (TPSA) is 61.5 Å². The zero-order valence-electron chi connectivity index (χ0n) is 10.7. The predicted octanol–water partition coefficient (Wildman–Crippen LogP) is 2.62. The number of hydrogen-bond acceptors (Lipinski definition) is 4. The van der Waals surface area contributed by atoms with Gasteiger partial charge in [-0.25, -0.2) is 4.79 Å². The lowest BCUT2D eigenvalue weighted by molar-refractivity contribution is 0.0513. The number of nitrogen functional groups attached to an aromatic ring is 1. The van der Waals surface area contributed by atoms with Crippen LogP contribution in [0.25, 0.3) is 0 Å². The largest absolute Gasteiger partial charge is 0.487 e. The summed E-state index contributed by atoms with van der Waals surface area (Å²) in [6.07, 6.45) is 0. The van der Waals surface area contributed by atoms with E-state index in [4.69, 9.17) is 15.2 Å². The van der Waals surface area contributed by atoms with E-state index in [9.17, 15) is 4.79 Å². The van der Waals surface area contributed by atoms with Crippen molar-refractivity contribution in [2.24, 2.45) is 0 Å². The number of esters is 1. The average Bonchev–Trinajstić information content (AvgIpc) is 2.19. The van der Waals surface area contributed by atoms with Crippen LogP contribution in [0, 0.1) is 0 Å². The highest BCUT2D eigenvalue weighted by Crippen LogP contribution is 2.26. The summed E-state index contributed by atoms with van der Waals surface area (Å²) in [6.45, 7) is 7.83. The standard InChI is InChI=1S/C13H19NO3/c1-5-16-12(15)10-8-9(14)6-7-11(10)17-13(2,3)4/h6-8H,5,14H2,1-4H3. The molecule has 1 rings (SSSR count). The van der Waals surface area contributed by atoms with Crippen LogP contribution in [0.2, 0.25) is 0 Å². The third-order valence-corrected chi connectivity index (χ3v) is 1.92. The minimum Gasteiger partial charge on any atom is -0.487 e. The molecule has 0 aliphatic heterocycles. The van der Waals surface area contributed by atoms with Gasteiger partial charge in [0.1, 0.15) is 16.9 Å². The second-order valence-corrected chi connectivity index (χ2v) is 4.69. The molecule has 0 fully saturated rings.